The fourth-order valence-corrected chi connectivity index (χ4v) is 4.05. The Morgan fingerprint density at radius 3 is 2.16 bits per heavy atom. The second-order valence-electron chi connectivity index (χ2n) is 8.83. The number of halogens is 1. The number of methoxy groups -OCH3 is 1. The number of amides is 2. The van der Waals surface area contributed by atoms with Crippen molar-refractivity contribution in [3.05, 3.63) is 131 Å². The molecule has 4 rings (SSSR count). The molecule has 0 radical (unpaired) electrons. The Bertz CT molecular complexity index is 1360. The summed E-state index contributed by atoms with van der Waals surface area (Å²) in [6.07, 6.45) is 0.203. The maximum atomic E-state index is 13.7. The van der Waals surface area contributed by atoms with Crippen LogP contribution in [0.3, 0.4) is 0 Å². The number of carbonyl (C=O) groups excluding carboxylic acids is 2. The zero-order valence-electron chi connectivity index (χ0n) is 20.9. The Labute approximate surface area is 216 Å². The minimum absolute atomic E-state index is 0.0230. The van der Waals surface area contributed by atoms with Crippen LogP contribution in [0.25, 0.3) is 0 Å². The number of hydrogen-bond acceptors (Lipinski definition) is 3. The van der Waals surface area contributed by atoms with Gasteiger partial charge in [-0.25, -0.2) is 4.39 Å². The second kappa shape index (κ2) is 12.0. The molecule has 6 heteroatoms. The first-order valence-electron chi connectivity index (χ1n) is 12.0. The molecular formula is C31H29FN2O3. The van der Waals surface area contributed by atoms with Gasteiger partial charge in [-0.3, -0.25) is 9.59 Å². The number of rotatable bonds is 9. The lowest BCUT2D eigenvalue weighted by Gasteiger charge is -2.24. The molecule has 0 fully saturated rings. The molecule has 0 spiro atoms. The van der Waals surface area contributed by atoms with Gasteiger partial charge in [-0.15, -0.1) is 0 Å². The van der Waals surface area contributed by atoms with Gasteiger partial charge in [0, 0.05) is 24.8 Å². The van der Waals surface area contributed by atoms with E-state index < -0.39 is 0 Å². The average Bonchev–Trinajstić information content (AvgIpc) is 2.93. The van der Waals surface area contributed by atoms with Crippen LogP contribution < -0.4 is 9.64 Å². The van der Waals surface area contributed by atoms with E-state index in [-0.39, 0.29) is 30.6 Å². The zero-order chi connectivity index (χ0) is 26.2. The number of likely N-dealkylation sites (N-methyl/N-ethyl adjacent to an activating group) is 1. The van der Waals surface area contributed by atoms with E-state index in [9.17, 15) is 14.0 Å². The van der Waals surface area contributed by atoms with E-state index in [4.69, 9.17) is 4.74 Å². The van der Waals surface area contributed by atoms with Crippen molar-refractivity contribution in [1.29, 1.82) is 0 Å². The largest absolute Gasteiger partial charge is 0.497 e. The molecule has 0 aliphatic heterocycles. The van der Waals surface area contributed by atoms with Gasteiger partial charge in [0.05, 0.1) is 20.1 Å². The van der Waals surface area contributed by atoms with E-state index in [0.29, 0.717) is 23.5 Å². The topological polar surface area (TPSA) is 49.9 Å². The summed E-state index contributed by atoms with van der Waals surface area (Å²) in [5, 5.41) is 0. The maximum Gasteiger partial charge on any atom is 0.258 e. The van der Waals surface area contributed by atoms with Crippen LogP contribution in [0.15, 0.2) is 103 Å². The Kier molecular flexibility index (Phi) is 8.31. The van der Waals surface area contributed by atoms with Crippen LogP contribution in [-0.2, 0) is 24.3 Å². The highest BCUT2D eigenvalue weighted by atomic mass is 19.1. The van der Waals surface area contributed by atoms with Crippen LogP contribution in [0.1, 0.15) is 27.0 Å². The van der Waals surface area contributed by atoms with Crippen LogP contribution in [0.5, 0.6) is 5.75 Å². The first kappa shape index (κ1) is 25.6. The normalized spacial score (nSPS) is 10.6. The highest BCUT2D eigenvalue weighted by Crippen LogP contribution is 2.24. The molecule has 2 amide bonds. The van der Waals surface area contributed by atoms with Crippen molar-refractivity contribution in [1.82, 2.24) is 4.90 Å². The van der Waals surface area contributed by atoms with Gasteiger partial charge in [-0.05, 0) is 59.2 Å². The summed E-state index contributed by atoms with van der Waals surface area (Å²) in [5.74, 6) is -0.0129. The van der Waals surface area contributed by atoms with Gasteiger partial charge in [0.15, 0.2) is 0 Å². The SMILES string of the molecule is COc1cccc(C(=O)N(Cc2ccc(F)cc2)c2cccc(CC(=O)N(C)Cc3ccccc3)c2)c1. The molecule has 0 saturated carbocycles. The van der Waals surface area contributed by atoms with Crippen molar-refractivity contribution in [3.8, 4) is 5.75 Å². The number of nitrogens with zero attached hydrogens (tertiary/aromatic N) is 2. The van der Waals surface area contributed by atoms with Crippen molar-refractivity contribution in [2.24, 2.45) is 0 Å². The monoisotopic (exact) mass is 496 g/mol. The van der Waals surface area contributed by atoms with E-state index in [2.05, 4.69) is 0 Å². The molecule has 0 atom stereocenters. The third-order valence-corrected chi connectivity index (χ3v) is 6.08. The number of hydrogen-bond donors (Lipinski definition) is 0. The van der Waals surface area contributed by atoms with E-state index >= 15 is 0 Å². The average molecular weight is 497 g/mol. The minimum Gasteiger partial charge on any atom is -0.497 e. The summed E-state index contributed by atoms with van der Waals surface area (Å²) in [4.78, 5) is 29.9. The van der Waals surface area contributed by atoms with Crippen LogP contribution >= 0.6 is 0 Å². The van der Waals surface area contributed by atoms with Crippen LogP contribution in [0.2, 0.25) is 0 Å². The zero-order valence-corrected chi connectivity index (χ0v) is 20.9. The van der Waals surface area contributed by atoms with Crippen molar-refractivity contribution >= 4 is 17.5 Å². The summed E-state index contributed by atoms with van der Waals surface area (Å²) in [6.45, 7) is 0.756. The van der Waals surface area contributed by atoms with E-state index in [0.717, 1.165) is 16.7 Å². The van der Waals surface area contributed by atoms with Gasteiger partial charge < -0.3 is 14.5 Å². The van der Waals surface area contributed by atoms with Gasteiger partial charge in [-0.1, -0.05) is 60.7 Å². The molecule has 0 aliphatic carbocycles. The lowest BCUT2D eigenvalue weighted by atomic mass is 10.1. The van der Waals surface area contributed by atoms with E-state index in [1.165, 1.54) is 12.1 Å². The van der Waals surface area contributed by atoms with Crippen LogP contribution in [-0.4, -0.2) is 30.9 Å². The molecule has 0 unspecified atom stereocenters. The van der Waals surface area contributed by atoms with E-state index in [1.807, 2.05) is 54.6 Å². The standard InChI is InChI=1S/C31H29FN2O3/c1-33(21-23-8-4-3-5-9-23)30(35)19-25-10-6-12-28(18-25)34(22-24-14-16-27(32)17-15-24)31(36)26-11-7-13-29(20-26)37-2/h3-18,20H,19,21-22H2,1-2H3. The Hall–Kier alpha value is -4.45. The molecule has 4 aromatic carbocycles. The lowest BCUT2D eigenvalue weighted by molar-refractivity contribution is -0.129. The smallest absolute Gasteiger partial charge is 0.258 e. The summed E-state index contributed by atoms with van der Waals surface area (Å²) >= 11 is 0. The third kappa shape index (κ3) is 6.82. The molecule has 0 heterocycles. The maximum absolute atomic E-state index is 13.7. The van der Waals surface area contributed by atoms with Gasteiger partial charge in [0.1, 0.15) is 11.6 Å². The molecular weight excluding hydrogens is 467 g/mol. The van der Waals surface area contributed by atoms with Gasteiger partial charge in [0.25, 0.3) is 5.91 Å². The lowest BCUT2D eigenvalue weighted by Crippen LogP contribution is -2.31. The van der Waals surface area contributed by atoms with Crippen molar-refractivity contribution in [2.75, 3.05) is 19.1 Å². The quantitative estimate of drug-likeness (QED) is 0.291. The van der Waals surface area contributed by atoms with E-state index in [1.54, 1.807) is 60.4 Å². The molecule has 0 aliphatic rings. The second-order valence-corrected chi connectivity index (χ2v) is 8.83. The highest BCUT2D eigenvalue weighted by molar-refractivity contribution is 6.06. The van der Waals surface area contributed by atoms with Gasteiger partial charge in [0.2, 0.25) is 5.91 Å². The molecule has 188 valence electrons. The predicted molar refractivity (Wildman–Crippen MR) is 143 cm³/mol. The van der Waals surface area contributed by atoms with Gasteiger partial charge >= 0.3 is 0 Å². The first-order chi connectivity index (χ1) is 17.9. The number of anilines is 1. The molecule has 5 nitrogen and oxygen atoms in total. The van der Waals surface area contributed by atoms with Crippen LogP contribution in [0.4, 0.5) is 10.1 Å². The van der Waals surface area contributed by atoms with Gasteiger partial charge in [-0.2, -0.15) is 0 Å². The van der Waals surface area contributed by atoms with Crippen molar-refractivity contribution < 1.29 is 18.7 Å². The fourth-order valence-electron chi connectivity index (χ4n) is 4.05. The Balaban J connectivity index is 1.58. The molecule has 0 N–H and O–H groups in total. The molecule has 4 aromatic rings. The third-order valence-electron chi connectivity index (χ3n) is 6.08. The molecule has 0 aromatic heterocycles. The summed E-state index contributed by atoms with van der Waals surface area (Å²) in [6, 6.07) is 30.3. The highest BCUT2D eigenvalue weighted by Gasteiger charge is 2.20. The first-order valence-corrected chi connectivity index (χ1v) is 12.0. The molecule has 0 bridgehead atoms. The molecule has 0 saturated heterocycles. The van der Waals surface area contributed by atoms with Crippen molar-refractivity contribution in [3.63, 3.8) is 0 Å². The Morgan fingerprint density at radius 2 is 1.43 bits per heavy atom. The summed E-state index contributed by atoms with van der Waals surface area (Å²) in [5.41, 5.74) is 3.74. The summed E-state index contributed by atoms with van der Waals surface area (Å²) < 4.78 is 18.8. The molecule has 37 heavy (non-hydrogen) atoms. The fraction of sp³-hybridized carbons (Fsp3) is 0.161. The predicted octanol–water partition coefficient (Wildman–Crippen LogP) is 5.88. The summed E-state index contributed by atoms with van der Waals surface area (Å²) in [7, 11) is 3.33. The Morgan fingerprint density at radius 1 is 0.757 bits per heavy atom. The number of ether oxygens (including phenoxy) is 1. The van der Waals surface area contributed by atoms with Crippen LogP contribution in [0, 0.1) is 5.82 Å². The van der Waals surface area contributed by atoms with Crippen molar-refractivity contribution in [2.45, 2.75) is 19.5 Å². The number of carbonyl (C=O) groups is 2. The minimum atomic E-state index is -0.338. The number of benzene rings is 4.